The minimum Gasteiger partial charge on any atom is -0.361 e. The third kappa shape index (κ3) is 3.20. The Balaban J connectivity index is 1.41. The number of benzene rings is 1. The van der Waals surface area contributed by atoms with Crippen molar-refractivity contribution in [1.82, 2.24) is 24.8 Å². The Kier molecular flexibility index (Phi) is 4.11. The summed E-state index contributed by atoms with van der Waals surface area (Å²) in [4.78, 5) is 19.2. The van der Waals surface area contributed by atoms with Crippen molar-refractivity contribution in [2.24, 2.45) is 0 Å². The quantitative estimate of drug-likeness (QED) is 0.582. The zero-order chi connectivity index (χ0) is 18.2. The van der Waals surface area contributed by atoms with Gasteiger partial charge in [0.15, 0.2) is 5.82 Å². The van der Waals surface area contributed by atoms with Crippen molar-refractivity contribution in [3.05, 3.63) is 77.0 Å². The lowest BCUT2D eigenvalue weighted by molar-refractivity contribution is 0.242. The minimum absolute atomic E-state index is 0.761. The van der Waals surface area contributed by atoms with Crippen LogP contribution in [0.15, 0.2) is 55.1 Å². The summed E-state index contributed by atoms with van der Waals surface area (Å²) in [6, 6.07) is 9.86. The van der Waals surface area contributed by atoms with Gasteiger partial charge in [-0.2, -0.15) is 0 Å². The lowest BCUT2D eigenvalue weighted by Gasteiger charge is -2.27. The number of halogens is 1. The first-order valence-electron chi connectivity index (χ1n) is 8.99. The molecule has 6 heteroatoms. The van der Waals surface area contributed by atoms with Gasteiger partial charge < -0.3 is 4.98 Å². The van der Waals surface area contributed by atoms with E-state index in [0.29, 0.717) is 0 Å². The van der Waals surface area contributed by atoms with E-state index in [9.17, 15) is 0 Å². The first kappa shape index (κ1) is 16.4. The van der Waals surface area contributed by atoms with Crippen molar-refractivity contribution >= 4 is 22.5 Å². The van der Waals surface area contributed by atoms with Crippen molar-refractivity contribution < 1.29 is 0 Å². The molecule has 134 valence electrons. The monoisotopic (exact) mass is 375 g/mol. The number of nitrogens with zero attached hydrogens (tertiary/aromatic N) is 4. The van der Waals surface area contributed by atoms with Gasteiger partial charge in [0.1, 0.15) is 0 Å². The summed E-state index contributed by atoms with van der Waals surface area (Å²) in [6.45, 7) is 2.69. The first-order valence-corrected chi connectivity index (χ1v) is 9.37. The summed E-state index contributed by atoms with van der Waals surface area (Å²) in [5.74, 6) is 0.761. The summed E-state index contributed by atoms with van der Waals surface area (Å²) in [6.07, 6.45) is 8.56. The summed E-state index contributed by atoms with van der Waals surface area (Å²) < 4.78 is 0. The number of aromatic nitrogens is 4. The van der Waals surface area contributed by atoms with Gasteiger partial charge in [-0.05, 0) is 47.9 Å². The van der Waals surface area contributed by atoms with Crippen LogP contribution in [-0.4, -0.2) is 31.4 Å². The van der Waals surface area contributed by atoms with Crippen LogP contribution < -0.4 is 0 Å². The smallest absolute Gasteiger partial charge is 0.159 e. The highest BCUT2D eigenvalue weighted by molar-refractivity contribution is 6.31. The van der Waals surface area contributed by atoms with Crippen LogP contribution in [0.1, 0.15) is 16.8 Å². The van der Waals surface area contributed by atoms with E-state index in [4.69, 9.17) is 16.6 Å². The van der Waals surface area contributed by atoms with E-state index in [1.165, 1.54) is 16.5 Å². The summed E-state index contributed by atoms with van der Waals surface area (Å²) in [5, 5.41) is 1.95. The maximum atomic E-state index is 6.18. The van der Waals surface area contributed by atoms with Gasteiger partial charge in [-0.15, -0.1) is 0 Å². The Labute approximate surface area is 162 Å². The van der Waals surface area contributed by atoms with Crippen LogP contribution in [0.5, 0.6) is 0 Å². The largest absolute Gasteiger partial charge is 0.361 e. The number of H-pyrrole nitrogens is 1. The Morgan fingerprint density at radius 2 is 2.04 bits per heavy atom. The molecular formula is C21H18ClN5. The predicted octanol–water partition coefficient (Wildman–Crippen LogP) is 4.23. The van der Waals surface area contributed by atoms with Gasteiger partial charge in [-0.25, -0.2) is 9.97 Å². The van der Waals surface area contributed by atoms with Crippen LogP contribution in [0.4, 0.5) is 0 Å². The Hall–Kier alpha value is -2.76. The standard InChI is InChI=1S/C21H18ClN5/c22-17-1-2-19-18(9-17)16(11-24-19)12-27-8-5-15-10-25-21(26-20(15)13-27)14-3-6-23-7-4-14/h1-4,6-7,9-11,24H,5,8,12-13H2. The third-order valence-corrected chi connectivity index (χ3v) is 5.32. The van der Waals surface area contributed by atoms with Crippen molar-refractivity contribution in [3.8, 4) is 11.4 Å². The molecule has 0 aliphatic carbocycles. The highest BCUT2D eigenvalue weighted by Gasteiger charge is 2.20. The molecule has 0 saturated carbocycles. The molecule has 4 heterocycles. The molecule has 0 amide bonds. The molecule has 1 aliphatic heterocycles. The molecule has 0 saturated heterocycles. The van der Waals surface area contributed by atoms with Gasteiger partial charge in [-0.1, -0.05) is 11.6 Å². The van der Waals surface area contributed by atoms with Crippen LogP contribution in [0, 0.1) is 0 Å². The molecule has 0 atom stereocenters. The van der Waals surface area contributed by atoms with E-state index < -0.39 is 0 Å². The highest BCUT2D eigenvalue weighted by atomic mass is 35.5. The van der Waals surface area contributed by atoms with Crippen LogP contribution in [0.2, 0.25) is 5.02 Å². The predicted molar refractivity (Wildman–Crippen MR) is 106 cm³/mol. The Bertz CT molecular complexity index is 1110. The number of hydrogen-bond acceptors (Lipinski definition) is 4. The second kappa shape index (κ2) is 6.76. The van der Waals surface area contributed by atoms with Crippen molar-refractivity contribution in [3.63, 3.8) is 0 Å². The first-order chi connectivity index (χ1) is 13.3. The number of pyridine rings is 1. The van der Waals surface area contributed by atoms with Crippen LogP contribution in [0.25, 0.3) is 22.3 Å². The second-order valence-corrected chi connectivity index (χ2v) is 7.30. The summed E-state index contributed by atoms with van der Waals surface area (Å²) in [5.41, 5.74) is 5.73. The fourth-order valence-corrected chi connectivity index (χ4v) is 3.83. The fraction of sp³-hybridized carbons (Fsp3) is 0.190. The molecule has 1 aliphatic rings. The molecule has 0 fully saturated rings. The molecule has 5 rings (SSSR count). The van der Waals surface area contributed by atoms with Gasteiger partial charge in [0.2, 0.25) is 0 Å². The lowest BCUT2D eigenvalue weighted by Crippen LogP contribution is -2.31. The molecule has 4 aromatic rings. The van der Waals surface area contributed by atoms with E-state index in [1.54, 1.807) is 12.4 Å². The van der Waals surface area contributed by atoms with Crippen molar-refractivity contribution in [1.29, 1.82) is 0 Å². The average molecular weight is 376 g/mol. The molecule has 1 aromatic carbocycles. The molecule has 0 radical (unpaired) electrons. The van der Waals surface area contributed by atoms with Crippen LogP contribution >= 0.6 is 11.6 Å². The molecule has 0 spiro atoms. The average Bonchev–Trinajstić information content (AvgIpc) is 3.10. The van der Waals surface area contributed by atoms with E-state index in [-0.39, 0.29) is 0 Å². The zero-order valence-corrected chi connectivity index (χ0v) is 15.4. The SMILES string of the molecule is Clc1ccc2[nH]cc(CN3CCc4cnc(-c5ccncc5)nc4C3)c2c1. The molecule has 5 nitrogen and oxygen atoms in total. The minimum atomic E-state index is 0.761. The lowest BCUT2D eigenvalue weighted by atomic mass is 10.1. The van der Waals surface area contributed by atoms with Crippen molar-refractivity contribution in [2.45, 2.75) is 19.5 Å². The van der Waals surface area contributed by atoms with E-state index in [1.807, 2.05) is 36.5 Å². The molecule has 3 aromatic heterocycles. The van der Waals surface area contributed by atoms with Gasteiger partial charge >= 0.3 is 0 Å². The van der Waals surface area contributed by atoms with E-state index >= 15 is 0 Å². The fourth-order valence-electron chi connectivity index (χ4n) is 3.65. The van der Waals surface area contributed by atoms with Gasteiger partial charge in [0.25, 0.3) is 0 Å². The second-order valence-electron chi connectivity index (χ2n) is 6.87. The molecular weight excluding hydrogens is 358 g/mol. The van der Waals surface area contributed by atoms with Gasteiger partial charge in [0, 0.05) is 65.9 Å². The van der Waals surface area contributed by atoms with Gasteiger partial charge in [-0.3, -0.25) is 9.88 Å². The number of rotatable bonds is 3. The number of fused-ring (bicyclic) bond motifs is 2. The third-order valence-electron chi connectivity index (χ3n) is 5.09. The molecule has 1 N–H and O–H groups in total. The maximum absolute atomic E-state index is 6.18. The van der Waals surface area contributed by atoms with E-state index in [2.05, 4.69) is 26.0 Å². The Morgan fingerprint density at radius 3 is 2.93 bits per heavy atom. The van der Waals surface area contributed by atoms with E-state index in [0.717, 1.165) is 53.7 Å². The maximum Gasteiger partial charge on any atom is 0.159 e. The summed E-state index contributed by atoms with van der Waals surface area (Å²) in [7, 11) is 0. The highest BCUT2D eigenvalue weighted by Crippen LogP contribution is 2.26. The number of hydrogen-bond donors (Lipinski definition) is 1. The normalized spacial score (nSPS) is 14.4. The Morgan fingerprint density at radius 1 is 1.15 bits per heavy atom. The molecule has 0 bridgehead atoms. The molecule has 0 unspecified atom stereocenters. The molecule has 27 heavy (non-hydrogen) atoms. The van der Waals surface area contributed by atoms with Crippen LogP contribution in [-0.2, 0) is 19.5 Å². The van der Waals surface area contributed by atoms with Crippen LogP contribution in [0.3, 0.4) is 0 Å². The van der Waals surface area contributed by atoms with Gasteiger partial charge in [0.05, 0.1) is 5.69 Å². The number of aromatic amines is 1. The summed E-state index contributed by atoms with van der Waals surface area (Å²) >= 11 is 6.18. The van der Waals surface area contributed by atoms with Crippen molar-refractivity contribution in [2.75, 3.05) is 6.54 Å². The topological polar surface area (TPSA) is 57.7 Å². The number of nitrogens with one attached hydrogen (secondary N) is 1. The zero-order valence-electron chi connectivity index (χ0n) is 14.7.